The Hall–Kier alpha value is -4.18. The summed E-state index contributed by atoms with van der Waals surface area (Å²) in [5.74, 6) is 0.996. The molecule has 1 aromatic heterocycles. The van der Waals surface area contributed by atoms with Gasteiger partial charge in [0.05, 0.1) is 12.2 Å². The highest BCUT2D eigenvalue weighted by molar-refractivity contribution is 6.33. The molecular formula is C32H26N2O2. The molecule has 0 unspecified atom stereocenters. The molecule has 36 heavy (non-hydrogen) atoms. The minimum atomic E-state index is 0.384. The van der Waals surface area contributed by atoms with Crippen molar-refractivity contribution in [3.63, 3.8) is 0 Å². The zero-order chi connectivity index (χ0) is 24.2. The number of ether oxygens (including phenoxy) is 1. The molecular weight excluding hydrogens is 444 g/mol. The fourth-order valence-electron chi connectivity index (χ4n) is 6.04. The van der Waals surface area contributed by atoms with Crippen LogP contribution in [0.25, 0.3) is 55.2 Å². The van der Waals surface area contributed by atoms with E-state index >= 15 is 0 Å². The van der Waals surface area contributed by atoms with Crippen molar-refractivity contribution in [3.8, 4) is 5.88 Å². The second-order valence-corrected chi connectivity index (χ2v) is 9.61. The lowest BCUT2D eigenvalue weighted by atomic mass is 9.88. The monoisotopic (exact) mass is 470 g/mol. The lowest BCUT2D eigenvalue weighted by molar-refractivity contribution is -0.620. The van der Waals surface area contributed by atoms with E-state index in [9.17, 15) is 5.21 Å². The zero-order valence-electron chi connectivity index (χ0n) is 20.3. The molecule has 0 saturated carbocycles. The first kappa shape index (κ1) is 21.1. The highest BCUT2D eigenvalue weighted by Crippen LogP contribution is 2.41. The Labute approximate surface area is 209 Å². The van der Waals surface area contributed by atoms with Crippen molar-refractivity contribution in [3.05, 3.63) is 94.6 Å². The Morgan fingerprint density at radius 2 is 1.47 bits per heavy atom. The molecule has 0 atom stereocenters. The van der Waals surface area contributed by atoms with E-state index in [0.29, 0.717) is 18.3 Å². The molecule has 0 saturated heterocycles. The van der Waals surface area contributed by atoms with Gasteiger partial charge in [-0.25, -0.2) is 4.73 Å². The minimum absolute atomic E-state index is 0.384. The number of benzene rings is 5. The van der Waals surface area contributed by atoms with Gasteiger partial charge in [0, 0.05) is 12.5 Å². The lowest BCUT2D eigenvalue weighted by Gasteiger charge is -2.20. The van der Waals surface area contributed by atoms with Gasteiger partial charge in [-0.05, 0) is 85.9 Å². The molecule has 4 nitrogen and oxygen atoms in total. The summed E-state index contributed by atoms with van der Waals surface area (Å²) in [6.07, 6.45) is 7.58. The Kier molecular flexibility index (Phi) is 4.81. The molecule has 0 spiro atoms. The molecule has 0 aliphatic heterocycles. The maximum atomic E-state index is 13.2. The summed E-state index contributed by atoms with van der Waals surface area (Å²) in [4.78, 5) is 4.63. The maximum absolute atomic E-state index is 13.2. The summed E-state index contributed by atoms with van der Waals surface area (Å²) in [5.41, 5.74) is 2.85. The van der Waals surface area contributed by atoms with E-state index in [0.717, 1.165) is 47.2 Å². The molecule has 5 aromatic carbocycles. The predicted molar refractivity (Wildman–Crippen MR) is 148 cm³/mol. The minimum Gasteiger partial charge on any atom is -0.710 e. The highest BCUT2D eigenvalue weighted by Gasteiger charge is 2.26. The van der Waals surface area contributed by atoms with Gasteiger partial charge >= 0.3 is 11.7 Å². The summed E-state index contributed by atoms with van der Waals surface area (Å²) in [6.45, 7) is 2.49. The third-order valence-electron chi connectivity index (χ3n) is 7.62. The van der Waals surface area contributed by atoms with Crippen molar-refractivity contribution in [1.29, 1.82) is 0 Å². The number of hydrogen-bond donors (Lipinski definition) is 0. The number of rotatable bonds is 4. The van der Waals surface area contributed by atoms with Crippen LogP contribution in [-0.4, -0.2) is 11.6 Å². The third kappa shape index (κ3) is 3.07. The van der Waals surface area contributed by atoms with Crippen LogP contribution < -0.4 is 9.47 Å². The number of hydrogen-bond acceptors (Lipinski definition) is 3. The second-order valence-electron chi connectivity index (χ2n) is 9.61. The predicted octanol–water partition coefficient (Wildman–Crippen LogP) is 7.21. The van der Waals surface area contributed by atoms with Gasteiger partial charge in [0.1, 0.15) is 5.69 Å². The summed E-state index contributed by atoms with van der Waals surface area (Å²) in [5, 5.41) is 23.3. The Bertz CT molecular complexity index is 1770. The van der Waals surface area contributed by atoms with Crippen LogP contribution >= 0.6 is 0 Å². The topological polar surface area (TPSA) is 49.1 Å². The molecule has 0 N–H and O–H groups in total. The molecule has 1 aliphatic rings. The van der Waals surface area contributed by atoms with Crippen molar-refractivity contribution in [2.24, 2.45) is 0 Å². The smallest absolute Gasteiger partial charge is 0.335 e. The van der Waals surface area contributed by atoms with Crippen molar-refractivity contribution >= 4 is 55.2 Å². The molecule has 4 heteroatoms. The van der Waals surface area contributed by atoms with E-state index in [1.54, 1.807) is 0 Å². The molecule has 1 heterocycles. The van der Waals surface area contributed by atoms with Crippen molar-refractivity contribution in [1.82, 2.24) is 4.98 Å². The van der Waals surface area contributed by atoms with Gasteiger partial charge in [0.15, 0.2) is 0 Å². The molecule has 1 aliphatic carbocycles. The molecule has 176 valence electrons. The zero-order valence-corrected chi connectivity index (χ0v) is 20.3. The van der Waals surface area contributed by atoms with Gasteiger partial charge in [0.25, 0.3) is 0 Å². The van der Waals surface area contributed by atoms with Crippen LogP contribution in [0, 0.1) is 5.21 Å². The van der Waals surface area contributed by atoms with Crippen molar-refractivity contribution in [2.75, 3.05) is 6.61 Å². The van der Waals surface area contributed by atoms with Crippen LogP contribution in [0.1, 0.15) is 42.4 Å². The van der Waals surface area contributed by atoms with Gasteiger partial charge in [-0.1, -0.05) is 66.7 Å². The van der Waals surface area contributed by atoms with Crippen molar-refractivity contribution in [2.45, 2.75) is 32.6 Å². The van der Waals surface area contributed by atoms with Gasteiger partial charge < -0.3 is 9.94 Å². The standard InChI is InChI=1S/C32H26N2O2/c1-2-36-32-27-10-3-4-15-28(27)34(35)29(33-32)19-17-20-16-18-26-24-13-6-9-21-8-5-12-23(30(21)24)25-14-7-11-22(20)31(25)26/h5-9,11-14,16-19H,2-4,10,15H2,1H3/b19-17+. The third-order valence-corrected chi connectivity index (χ3v) is 7.62. The second kappa shape index (κ2) is 8.20. The molecule has 0 radical (unpaired) electrons. The van der Waals surface area contributed by atoms with E-state index in [1.807, 2.05) is 19.1 Å². The normalized spacial score (nSPS) is 13.9. The summed E-state index contributed by atoms with van der Waals surface area (Å²) >= 11 is 0. The number of aromatic nitrogens is 2. The van der Waals surface area contributed by atoms with Gasteiger partial charge in [-0.15, -0.1) is 0 Å². The molecule has 0 bridgehead atoms. The van der Waals surface area contributed by atoms with Gasteiger partial charge in [-0.3, -0.25) is 0 Å². The Morgan fingerprint density at radius 1 is 0.806 bits per heavy atom. The van der Waals surface area contributed by atoms with Crippen molar-refractivity contribution < 1.29 is 9.47 Å². The van der Waals surface area contributed by atoms with Crippen LogP contribution in [0.4, 0.5) is 0 Å². The number of fused-ring (bicyclic) bond motifs is 3. The summed E-state index contributed by atoms with van der Waals surface area (Å²) in [7, 11) is 0. The average Bonchev–Trinajstić information content (AvgIpc) is 2.93. The first-order valence-corrected chi connectivity index (χ1v) is 12.8. The highest BCUT2D eigenvalue weighted by atomic mass is 16.5. The van der Waals surface area contributed by atoms with E-state index < -0.39 is 0 Å². The lowest BCUT2D eigenvalue weighted by Crippen LogP contribution is -2.39. The van der Waals surface area contributed by atoms with E-state index in [4.69, 9.17) is 4.74 Å². The van der Waals surface area contributed by atoms with Crippen LogP contribution in [0.3, 0.4) is 0 Å². The first-order valence-electron chi connectivity index (χ1n) is 12.8. The fourth-order valence-corrected chi connectivity index (χ4v) is 6.04. The van der Waals surface area contributed by atoms with Gasteiger partial charge in [-0.2, -0.15) is 0 Å². The Balaban J connectivity index is 1.43. The van der Waals surface area contributed by atoms with E-state index in [2.05, 4.69) is 71.7 Å². The van der Waals surface area contributed by atoms with Crippen LogP contribution in [0.15, 0.2) is 66.7 Å². The molecule has 0 fully saturated rings. The quantitative estimate of drug-likeness (QED) is 0.118. The van der Waals surface area contributed by atoms with Gasteiger partial charge in [0.2, 0.25) is 0 Å². The van der Waals surface area contributed by atoms with Crippen LogP contribution in [-0.2, 0) is 12.8 Å². The largest absolute Gasteiger partial charge is 0.710 e. The number of nitrogens with zero attached hydrogens (tertiary/aromatic N) is 2. The SMILES string of the molecule is CCOc1nc(/C=C/c2ccc3c4cccc5cccc(c6cccc2c63)c54)[n+]([O-])c2c1CCCC2. The Morgan fingerprint density at radius 3 is 2.25 bits per heavy atom. The van der Waals surface area contributed by atoms with Crippen LogP contribution in [0.2, 0.25) is 0 Å². The average molecular weight is 471 g/mol. The van der Waals surface area contributed by atoms with E-state index in [-0.39, 0.29) is 0 Å². The van der Waals surface area contributed by atoms with Crippen LogP contribution in [0.5, 0.6) is 5.88 Å². The first-order chi connectivity index (χ1) is 17.7. The maximum Gasteiger partial charge on any atom is 0.335 e. The fraction of sp³-hybridized carbons (Fsp3) is 0.188. The molecule has 0 amide bonds. The molecule has 7 rings (SSSR count). The molecule has 6 aromatic rings. The van der Waals surface area contributed by atoms with E-state index in [1.165, 1.54) is 43.1 Å². The summed E-state index contributed by atoms with van der Waals surface area (Å²) < 4.78 is 6.85. The summed E-state index contributed by atoms with van der Waals surface area (Å²) in [6, 6.07) is 24.0.